The SMILES string of the molecule is O=C(Nc1nccs1)[C@H]1c2ccccc2C(=O)N(C2CCCCC2)C12CCCC2. The molecule has 3 aliphatic rings. The number of fused-ring (bicyclic) bond motifs is 1. The summed E-state index contributed by atoms with van der Waals surface area (Å²) in [5.41, 5.74) is 1.19. The lowest BCUT2D eigenvalue weighted by Gasteiger charge is -2.53. The molecular weight excluding hydrogens is 382 g/mol. The van der Waals surface area contributed by atoms with E-state index in [2.05, 4.69) is 15.2 Å². The van der Waals surface area contributed by atoms with Gasteiger partial charge in [0.05, 0.1) is 11.5 Å². The third kappa shape index (κ3) is 3.08. The van der Waals surface area contributed by atoms with Crippen LogP contribution in [0.4, 0.5) is 5.13 Å². The second-order valence-corrected chi connectivity index (χ2v) is 9.52. The van der Waals surface area contributed by atoms with Crippen LogP contribution in [-0.4, -0.2) is 33.3 Å². The van der Waals surface area contributed by atoms with Crippen molar-refractivity contribution in [1.82, 2.24) is 9.88 Å². The number of nitrogens with zero attached hydrogens (tertiary/aromatic N) is 2. The van der Waals surface area contributed by atoms with Crippen molar-refractivity contribution >= 4 is 28.3 Å². The van der Waals surface area contributed by atoms with Gasteiger partial charge in [0.25, 0.3) is 5.91 Å². The van der Waals surface area contributed by atoms with E-state index >= 15 is 0 Å². The molecule has 2 aromatic rings. The number of anilines is 1. The molecule has 1 N–H and O–H groups in total. The van der Waals surface area contributed by atoms with Gasteiger partial charge in [0.15, 0.2) is 5.13 Å². The van der Waals surface area contributed by atoms with Crippen LogP contribution in [-0.2, 0) is 4.79 Å². The molecule has 2 saturated carbocycles. The first-order valence-corrected chi connectivity index (χ1v) is 11.7. The van der Waals surface area contributed by atoms with E-state index in [1.807, 2.05) is 29.6 Å². The van der Waals surface area contributed by atoms with Crippen LogP contribution in [0, 0.1) is 0 Å². The highest BCUT2D eigenvalue weighted by atomic mass is 32.1. The van der Waals surface area contributed by atoms with Gasteiger partial charge < -0.3 is 10.2 Å². The molecule has 1 aromatic carbocycles. The molecule has 2 heterocycles. The Labute approximate surface area is 175 Å². The fraction of sp³-hybridized carbons (Fsp3) is 0.522. The summed E-state index contributed by atoms with van der Waals surface area (Å²) in [7, 11) is 0. The maximum Gasteiger partial charge on any atom is 0.254 e. The number of aromatic nitrogens is 1. The molecule has 1 aromatic heterocycles. The van der Waals surface area contributed by atoms with E-state index in [1.54, 1.807) is 6.20 Å². The van der Waals surface area contributed by atoms with Gasteiger partial charge in [-0.1, -0.05) is 50.3 Å². The highest BCUT2D eigenvalue weighted by Gasteiger charge is 2.57. The van der Waals surface area contributed by atoms with Gasteiger partial charge in [0.1, 0.15) is 0 Å². The minimum Gasteiger partial charge on any atom is -0.329 e. The number of amides is 2. The fourth-order valence-electron chi connectivity index (χ4n) is 5.94. The highest BCUT2D eigenvalue weighted by molar-refractivity contribution is 7.13. The molecule has 6 heteroatoms. The van der Waals surface area contributed by atoms with Crippen LogP contribution in [0.1, 0.15) is 79.6 Å². The van der Waals surface area contributed by atoms with Crippen molar-refractivity contribution in [2.45, 2.75) is 75.3 Å². The summed E-state index contributed by atoms with van der Waals surface area (Å²) in [5, 5.41) is 5.55. The molecule has 2 aliphatic carbocycles. The first kappa shape index (κ1) is 18.8. The van der Waals surface area contributed by atoms with Crippen LogP contribution < -0.4 is 5.32 Å². The van der Waals surface area contributed by atoms with Crippen molar-refractivity contribution in [2.75, 3.05) is 5.32 Å². The normalized spacial score (nSPS) is 23.9. The molecule has 2 fully saturated rings. The number of carbonyl (C=O) groups excluding carboxylic acids is 2. The summed E-state index contributed by atoms with van der Waals surface area (Å²) in [4.78, 5) is 33.8. The predicted molar refractivity (Wildman–Crippen MR) is 114 cm³/mol. The second kappa shape index (κ2) is 7.56. The summed E-state index contributed by atoms with van der Waals surface area (Å²) >= 11 is 1.43. The predicted octanol–water partition coefficient (Wildman–Crippen LogP) is 4.97. The molecule has 2 amide bonds. The summed E-state index contributed by atoms with van der Waals surface area (Å²) < 4.78 is 0. The minimum atomic E-state index is -0.408. The van der Waals surface area contributed by atoms with E-state index in [4.69, 9.17) is 0 Å². The van der Waals surface area contributed by atoms with Crippen molar-refractivity contribution in [2.24, 2.45) is 0 Å². The lowest BCUT2D eigenvalue weighted by atomic mass is 9.69. The van der Waals surface area contributed by atoms with Gasteiger partial charge in [0, 0.05) is 23.2 Å². The van der Waals surface area contributed by atoms with Gasteiger partial charge in [0.2, 0.25) is 5.91 Å². The number of rotatable bonds is 3. The van der Waals surface area contributed by atoms with Crippen LogP contribution in [0.15, 0.2) is 35.8 Å². The Kier molecular flexibility index (Phi) is 4.90. The van der Waals surface area contributed by atoms with Crippen molar-refractivity contribution < 1.29 is 9.59 Å². The number of carbonyl (C=O) groups is 2. The average Bonchev–Trinajstić information content (AvgIpc) is 3.42. The largest absolute Gasteiger partial charge is 0.329 e. The minimum absolute atomic E-state index is 0.0254. The smallest absolute Gasteiger partial charge is 0.254 e. The topological polar surface area (TPSA) is 62.3 Å². The second-order valence-electron chi connectivity index (χ2n) is 8.62. The zero-order valence-corrected chi connectivity index (χ0v) is 17.4. The first-order valence-electron chi connectivity index (χ1n) is 10.8. The Bertz CT molecular complexity index is 899. The van der Waals surface area contributed by atoms with Gasteiger partial charge in [-0.3, -0.25) is 9.59 Å². The third-order valence-electron chi connectivity index (χ3n) is 7.07. The Morgan fingerprint density at radius 3 is 2.59 bits per heavy atom. The molecule has 0 bridgehead atoms. The van der Waals surface area contributed by atoms with E-state index in [1.165, 1.54) is 30.6 Å². The maximum atomic E-state index is 13.7. The quantitative estimate of drug-likeness (QED) is 0.779. The molecular formula is C23H27N3O2S. The molecule has 0 radical (unpaired) electrons. The molecule has 1 spiro atoms. The summed E-state index contributed by atoms with van der Waals surface area (Å²) in [6.07, 6.45) is 11.3. The Morgan fingerprint density at radius 2 is 1.86 bits per heavy atom. The van der Waals surface area contributed by atoms with E-state index in [0.717, 1.165) is 44.1 Å². The number of hydrogen-bond acceptors (Lipinski definition) is 4. The Hall–Kier alpha value is -2.21. The molecule has 0 unspecified atom stereocenters. The standard InChI is InChI=1S/C23H27N3O2S/c27-20(25-22-24-14-15-29-22)19-17-10-4-5-11-18(17)21(28)26(16-8-2-1-3-9-16)23(19)12-6-7-13-23/h4-5,10-11,14-16,19H,1-3,6-9,12-13H2,(H,24,25,27)/t19-/m1/s1. The first-order chi connectivity index (χ1) is 14.2. The summed E-state index contributed by atoms with van der Waals surface area (Å²) in [6, 6.07) is 8.00. The lowest BCUT2D eigenvalue weighted by molar-refractivity contribution is -0.122. The van der Waals surface area contributed by atoms with Gasteiger partial charge in [-0.25, -0.2) is 4.98 Å². The van der Waals surface area contributed by atoms with Crippen LogP contribution >= 0.6 is 11.3 Å². The fourth-order valence-corrected chi connectivity index (χ4v) is 6.47. The number of hydrogen-bond donors (Lipinski definition) is 1. The van der Waals surface area contributed by atoms with Gasteiger partial charge in [-0.05, 0) is 37.3 Å². The van der Waals surface area contributed by atoms with E-state index in [-0.39, 0.29) is 23.8 Å². The third-order valence-corrected chi connectivity index (χ3v) is 7.76. The molecule has 152 valence electrons. The van der Waals surface area contributed by atoms with Crippen LogP contribution in [0.3, 0.4) is 0 Å². The zero-order valence-electron chi connectivity index (χ0n) is 16.6. The molecule has 29 heavy (non-hydrogen) atoms. The Morgan fingerprint density at radius 1 is 1.10 bits per heavy atom. The Balaban J connectivity index is 1.62. The van der Waals surface area contributed by atoms with Crippen molar-refractivity contribution in [3.05, 3.63) is 47.0 Å². The van der Waals surface area contributed by atoms with Crippen molar-refractivity contribution in [1.29, 1.82) is 0 Å². The van der Waals surface area contributed by atoms with Crippen LogP contribution in [0.25, 0.3) is 0 Å². The van der Waals surface area contributed by atoms with E-state index in [9.17, 15) is 9.59 Å². The monoisotopic (exact) mass is 409 g/mol. The number of benzene rings is 1. The van der Waals surface area contributed by atoms with E-state index in [0.29, 0.717) is 10.7 Å². The van der Waals surface area contributed by atoms with Gasteiger partial charge in [-0.15, -0.1) is 11.3 Å². The van der Waals surface area contributed by atoms with Crippen molar-refractivity contribution in [3.8, 4) is 0 Å². The molecule has 1 aliphatic heterocycles. The number of nitrogens with one attached hydrogen (secondary N) is 1. The highest BCUT2D eigenvalue weighted by Crippen LogP contribution is 2.52. The molecule has 5 rings (SSSR count). The lowest BCUT2D eigenvalue weighted by Crippen LogP contribution is -2.63. The van der Waals surface area contributed by atoms with Crippen LogP contribution in [0.2, 0.25) is 0 Å². The average molecular weight is 410 g/mol. The van der Waals surface area contributed by atoms with Crippen molar-refractivity contribution in [3.63, 3.8) is 0 Å². The molecule has 0 saturated heterocycles. The van der Waals surface area contributed by atoms with Gasteiger partial charge in [-0.2, -0.15) is 0 Å². The number of thiazole rings is 1. The maximum absolute atomic E-state index is 13.7. The summed E-state index contributed by atoms with van der Waals surface area (Å²) in [5.74, 6) is -0.236. The van der Waals surface area contributed by atoms with Gasteiger partial charge >= 0.3 is 0 Å². The molecule has 5 nitrogen and oxygen atoms in total. The van der Waals surface area contributed by atoms with E-state index < -0.39 is 5.54 Å². The zero-order chi connectivity index (χ0) is 19.8. The summed E-state index contributed by atoms with van der Waals surface area (Å²) in [6.45, 7) is 0. The molecule has 1 atom stereocenters. The van der Waals surface area contributed by atoms with Crippen LogP contribution in [0.5, 0.6) is 0 Å².